The van der Waals surface area contributed by atoms with Gasteiger partial charge in [-0.15, -0.1) is 0 Å². The van der Waals surface area contributed by atoms with Gasteiger partial charge in [-0.3, -0.25) is 0 Å². The Balaban J connectivity index is 1.36. The second-order valence-electron chi connectivity index (χ2n) is 12.1. The third-order valence-corrected chi connectivity index (χ3v) is 9.07. The summed E-state index contributed by atoms with van der Waals surface area (Å²) in [5, 5.41) is 11.0. The van der Waals surface area contributed by atoms with Gasteiger partial charge in [0.2, 0.25) is 0 Å². The van der Waals surface area contributed by atoms with E-state index in [1.54, 1.807) is 0 Å². The molecule has 0 fully saturated rings. The van der Waals surface area contributed by atoms with Crippen molar-refractivity contribution in [1.82, 2.24) is 4.57 Å². The van der Waals surface area contributed by atoms with E-state index in [1.807, 2.05) is 7.05 Å². The monoisotopic (exact) mass is 566 g/mol. The van der Waals surface area contributed by atoms with Gasteiger partial charge in [0.25, 0.3) is 0 Å². The Bertz CT molecular complexity index is 2310. The first-order valence-corrected chi connectivity index (χ1v) is 15.4. The smallest absolute Gasteiger partial charge is 0.0542 e. The van der Waals surface area contributed by atoms with Gasteiger partial charge in [-0.1, -0.05) is 102 Å². The van der Waals surface area contributed by atoms with E-state index >= 15 is 0 Å². The summed E-state index contributed by atoms with van der Waals surface area (Å²) in [5.74, 6) is 0. The maximum atomic E-state index is 3.31. The first-order valence-electron chi connectivity index (χ1n) is 15.4. The van der Waals surface area contributed by atoms with Gasteiger partial charge in [-0.25, -0.2) is 0 Å². The van der Waals surface area contributed by atoms with E-state index in [0.29, 0.717) is 0 Å². The van der Waals surface area contributed by atoms with Crippen LogP contribution in [0.4, 0.5) is 5.69 Å². The minimum Gasteiger partial charge on any atom is -0.388 e. The third-order valence-electron chi connectivity index (χ3n) is 9.07. The zero-order chi connectivity index (χ0) is 29.9. The molecule has 0 saturated heterocycles. The Morgan fingerprint density at radius 2 is 0.955 bits per heavy atom. The summed E-state index contributed by atoms with van der Waals surface area (Å²) in [6, 6.07) is 47.3. The number of hydrogen-bond acceptors (Lipinski definition) is 1. The second kappa shape index (κ2) is 10.1. The number of benzene rings is 7. The average molecular weight is 567 g/mol. The molecular weight excluding hydrogens is 532 g/mol. The molecule has 0 radical (unpaired) electrons. The van der Waals surface area contributed by atoms with E-state index in [-0.39, 0.29) is 0 Å². The highest BCUT2D eigenvalue weighted by Gasteiger charge is 2.18. The topological polar surface area (TPSA) is 17.0 Å². The Morgan fingerprint density at radius 1 is 0.432 bits per heavy atom. The number of aryl methyl sites for hydroxylation is 3. The van der Waals surface area contributed by atoms with Gasteiger partial charge in [0.05, 0.1) is 11.0 Å². The summed E-state index contributed by atoms with van der Waals surface area (Å²) in [5.41, 5.74) is 13.7. The van der Waals surface area contributed by atoms with E-state index in [2.05, 4.69) is 158 Å². The van der Waals surface area contributed by atoms with Crippen LogP contribution in [-0.4, -0.2) is 11.6 Å². The summed E-state index contributed by atoms with van der Waals surface area (Å²) in [4.78, 5) is 0. The molecule has 0 atom stereocenters. The van der Waals surface area contributed by atoms with Crippen molar-refractivity contribution in [3.05, 3.63) is 144 Å². The van der Waals surface area contributed by atoms with Crippen molar-refractivity contribution in [2.75, 3.05) is 12.4 Å². The van der Waals surface area contributed by atoms with Crippen molar-refractivity contribution in [3.63, 3.8) is 0 Å². The van der Waals surface area contributed by atoms with Gasteiger partial charge in [0, 0.05) is 29.2 Å². The van der Waals surface area contributed by atoms with Crippen LogP contribution in [0.1, 0.15) is 16.7 Å². The molecule has 2 heteroatoms. The van der Waals surface area contributed by atoms with E-state index in [1.165, 1.54) is 82.3 Å². The fraction of sp³-hybridized carbons (Fsp3) is 0.0952. The second-order valence-corrected chi connectivity index (χ2v) is 12.1. The van der Waals surface area contributed by atoms with Crippen LogP contribution in [0, 0.1) is 20.8 Å². The van der Waals surface area contributed by atoms with Gasteiger partial charge < -0.3 is 9.88 Å². The molecule has 0 aliphatic rings. The highest BCUT2D eigenvalue weighted by atomic mass is 15.0. The van der Waals surface area contributed by atoms with E-state index in [0.717, 1.165) is 11.4 Å². The maximum absolute atomic E-state index is 3.31. The summed E-state index contributed by atoms with van der Waals surface area (Å²) in [6.07, 6.45) is 0. The first kappa shape index (κ1) is 26.3. The highest BCUT2D eigenvalue weighted by molar-refractivity contribution is 6.21. The summed E-state index contributed by atoms with van der Waals surface area (Å²) in [6.45, 7) is 6.54. The average Bonchev–Trinajstić information content (AvgIpc) is 3.35. The van der Waals surface area contributed by atoms with Crippen LogP contribution in [0.5, 0.6) is 0 Å². The number of rotatable bonds is 4. The molecule has 44 heavy (non-hydrogen) atoms. The lowest BCUT2D eigenvalue weighted by atomic mass is 9.85. The van der Waals surface area contributed by atoms with Crippen LogP contribution in [0.15, 0.2) is 127 Å². The van der Waals surface area contributed by atoms with Crippen LogP contribution in [0.3, 0.4) is 0 Å². The minimum absolute atomic E-state index is 1.12. The molecule has 0 spiro atoms. The fourth-order valence-electron chi connectivity index (χ4n) is 7.22. The molecule has 1 heterocycles. The van der Waals surface area contributed by atoms with Gasteiger partial charge in [-0.05, 0) is 107 Å². The summed E-state index contributed by atoms with van der Waals surface area (Å²) >= 11 is 0. The van der Waals surface area contributed by atoms with Crippen molar-refractivity contribution in [2.45, 2.75) is 20.8 Å². The molecule has 1 N–H and O–H groups in total. The van der Waals surface area contributed by atoms with Crippen molar-refractivity contribution >= 4 is 49.0 Å². The molecule has 212 valence electrons. The molecule has 0 saturated carbocycles. The predicted octanol–water partition coefficient (Wildman–Crippen LogP) is 11.4. The highest BCUT2D eigenvalue weighted by Crippen LogP contribution is 2.44. The maximum Gasteiger partial charge on any atom is 0.0542 e. The van der Waals surface area contributed by atoms with Crippen molar-refractivity contribution in [2.24, 2.45) is 0 Å². The lowest BCUT2D eigenvalue weighted by molar-refractivity contribution is 1.18. The number of nitrogens with one attached hydrogen (secondary N) is 1. The van der Waals surface area contributed by atoms with Gasteiger partial charge in [-0.2, -0.15) is 0 Å². The van der Waals surface area contributed by atoms with E-state index < -0.39 is 0 Å². The Kier molecular flexibility index (Phi) is 6.06. The van der Waals surface area contributed by atoms with Crippen LogP contribution in [-0.2, 0) is 0 Å². The van der Waals surface area contributed by atoms with Gasteiger partial charge in [0.1, 0.15) is 0 Å². The summed E-state index contributed by atoms with van der Waals surface area (Å²) < 4.78 is 2.40. The lowest BCUT2D eigenvalue weighted by Gasteiger charge is -2.18. The van der Waals surface area contributed by atoms with Gasteiger partial charge in [0.15, 0.2) is 0 Å². The largest absolute Gasteiger partial charge is 0.388 e. The van der Waals surface area contributed by atoms with Gasteiger partial charge >= 0.3 is 0 Å². The van der Waals surface area contributed by atoms with Crippen molar-refractivity contribution < 1.29 is 0 Å². The molecule has 8 rings (SSSR count). The quantitative estimate of drug-likeness (QED) is 0.210. The molecule has 0 unspecified atom stereocenters. The van der Waals surface area contributed by atoms with E-state index in [4.69, 9.17) is 0 Å². The molecule has 7 aromatic carbocycles. The fourth-order valence-corrected chi connectivity index (χ4v) is 7.22. The number of aromatic nitrogens is 1. The van der Waals surface area contributed by atoms with Crippen LogP contribution >= 0.6 is 0 Å². The zero-order valence-corrected chi connectivity index (χ0v) is 25.6. The Hall–Kier alpha value is -5.34. The van der Waals surface area contributed by atoms with E-state index in [9.17, 15) is 0 Å². The molecule has 1 aromatic heterocycles. The molecule has 2 nitrogen and oxygen atoms in total. The molecule has 0 aliphatic heterocycles. The predicted molar refractivity (Wildman–Crippen MR) is 190 cm³/mol. The van der Waals surface area contributed by atoms with Crippen molar-refractivity contribution in [1.29, 1.82) is 0 Å². The number of nitrogens with zero attached hydrogens (tertiary/aromatic N) is 1. The Labute approximate surface area is 258 Å². The standard InChI is InChI=1S/C42H34N2/c1-26-13-19-39-37(24-26)38-25-31(43-4)16-20-40(38)44(39)32-17-14-29(15-18-32)41-33-9-5-7-11-35(33)42(36-12-8-6-10-34(36)41)30-22-27(2)21-28(3)23-30/h5-25,43H,1-4H3. The molecule has 8 aromatic rings. The number of anilines is 1. The summed E-state index contributed by atoms with van der Waals surface area (Å²) in [7, 11) is 1.98. The normalized spacial score (nSPS) is 11.6. The number of hydrogen-bond donors (Lipinski definition) is 1. The molecular formula is C42H34N2. The van der Waals surface area contributed by atoms with Crippen LogP contribution in [0.25, 0.3) is 71.3 Å². The zero-order valence-electron chi connectivity index (χ0n) is 25.6. The third kappa shape index (κ3) is 4.10. The minimum atomic E-state index is 1.12. The first-order chi connectivity index (χ1) is 21.5. The molecule has 0 aliphatic carbocycles. The molecule has 0 bridgehead atoms. The SMILES string of the molecule is CNc1ccc2c(c1)c1cc(C)ccc1n2-c1ccc(-c2c3ccccc3c(-c3cc(C)cc(C)c3)c3ccccc23)cc1. The lowest BCUT2D eigenvalue weighted by Crippen LogP contribution is -1.95. The molecule has 0 amide bonds. The van der Waals surface area contributed by atoms with Crippen molar-refractivity contribution in [3.8, 4) is 27.9 Å². The Morgan fingerprint density at radius 3 is 1.52 bits per heavy atom. The van der Waals surface area contributed by atoms with Crippen LogP contribution < -0.4 is 5.32 Å². The van der Waals surface area contributed by atoms with Crippen LogP contribution in [0.2, 0.25) is 0 Å². The number of fused-ring (bicyclic) bond motifs is 5.